The van der Waals surface area contributed by atoms with Gasteiger partial charge in [-0.3, -0.25) is 4.79 Å². The molecule has 56 valence electrons. The summed E-state index contributed by atoms with van der Waals surface area (Å²) < 4.78 is 0. The van der Waals surface area contributed by atoms with E-state index in [-0.39, 0.29) is 5.78 Å². The van der Waals surface area contributed by atoms with E-state index >= 15 is 0 Å². The summed E-state index contributed by atoms with van der Waals surface area (Å²) in [5.41, 5.74) is 0. The Morgan fingerprint density at radius 1 is 1.30 bits per heavy atom. The molecule has 2 heteroatoms. The molecule has 0 aliphatic heterocycles. The van der Waals surface area contributed by atoms with E-state index < -0.39 is 0 Å². The van der Waals surface area contributed by atoms with Crippen LogP contribution < -0.4 is 0 Å². The molecule has 10 heavy (non-hydrogen) atoms. The normalized spacial score (nSPS) is 8.80. The summed E-state index contributed by atoms with van der Waals surface area (Å²) >= 11 is 0. The van der Waals surface area contributed by atoms with Gasteiger partial charge in [-0.05, 0) is 6.42 Å². The first-order valence-electron chi connectivity index (χ1n) is 3.37. The molecule has 2 nitrogen and oxygen atoms in total. The summed E-state index contributed by atoms with van der Waals surface area (Å²) in [5, 5.41) is 0. The second-order valence-corrected chi connectivity index (χ2v) is 2.07. The Balaban J connectivity index is 3.24. The monoisotopic (exact) mass is 140 g/mol. The van der Waals surface area contributed by atoms with Gasteiger partial charge in [0, 0.05) is 19.3 Å². The van der Waals surface area contributed by atoms with E-state index in [1.807, 2.05) is 0 Å². The molecule has 0 aliphatic rings. The fraction of sp³-hybridized carbons (Fsp3) is 0.500. The molecule has 0 radical (unpaired) electrons. The molecular formula is C8H12O2. The third-order valence-corrected chi connectivity index (χ3v) is 1.17. The van der Waals surface area contributed by atoms with E-state index in [0.29, 0.717) is 19.3 Å². The molecule has 0 saturated heterocycles. The number of carbonyl (C=O) groups excluding carboxylic acids is 2. The van der Waals surface area contributed by atoms with Crippen molar-refractivity contribution in [3.63, 3.8) is 0 Å². The van der Waals surface area contributed by atoms with Gasteiger partial charge in [0.2, 0.25) is 0 Å². The highest BCUT2D eigenvalue weighted by atomic mass is 16.1. The number of aldehydes is 1. The second-order valence-electron chi connectivity index (χ2n) is 2.07. The fourth-order valence-corrected chi connectivity index (χ4v) is 0.608. The summed E-state index contributed by atoms with van der Waals surface area (Å²) in [4.78, 5) is 20.6. The minimum atomic E-state index is 0.145. The van der Waals surface area contributed by atoms with Crippen LogP contribution in [-0.4, -0.2) is 12.1 Å². The molecule has 0 atom stereocenters. The summed E-state index contributed by atoms with van der Waals surface area (Å²) in [7, 11) is 0. The van der Waals surface area contributed by atoms with Gasteiger partial charge in [0.15, 0.2) is 0 Å². The molecule has 0 amide bonds. The van der Waals surface area contributed by atoms with Gasteiger partial charge in [-0.2, -0.15) is 0 Å². The maximum Gasteiger partial charge on any atom is 0.133 e. The van der Waals surface area contributed by atoms with Crippen molar-refractivity contribution in [2.45, 2.75) is 25.7 Å². The van der Waals surface area contributed by atoms with Gasteiger partial charge < -0.3 is 4.79 Å². The Labute approximate surface area is 60.9 Å². The molecule has 0 bridgehead atoms. The van der Waals surface area contributed by atoms with Crippen LogP contribution in [0.15, 0.2) is 12.7 Å². The maximum atomic E-state index is 10.8. The molecular weight excluding hydrogens is 128 g/mol. The van der Waals surface area contributed by atoms with E-state index in [4.69, 9.17) is 0 Å². The minimum absolute atomic E-state index is 0.145. The summed E-state index contributed by atoms with van der Waals surface area (Å²) in [6.45, 7) is 3.49. The van der Waals surface area contributed by atoms with Crippen molar-refractivity contribution in [1.82, 2.24) is 0 Å². The number of Topliss-reactive ketones (excluding diaryl/α,β-unsaturated/α-hetero) is 1. The SMILES string of the molecule is C=CCCC(=O)CCC=O. The molecule has 0 rings (SSSR count). The Morgan fingerprint density at radius 3 is 2.40 bits per heavy atom. The molecule has 0 fully saturated rings. The number of allylic oxidation sites excluding steroid dienone is 1. The van der Waals surface area contributed by atoms with Crippen LogP contribution in [0.25, 0.3) is 0 Å². The average molecular weight is 140 g/mol. The maximum absolute atomic E-state index is 10.8. The standard InChI is InChI=1S/C8H12O2/c1-2-3-5-8(10)6-4-7-9/h2,7H,1,3-6H2. The number of ketones is 1. The summed E-state index contributed by atoms with van der Waals surface area (Å²) in [5.74, 6) is 0.145. The molecule has 0 aromatic heterocycles. The van der Waals surface area contributed by atoms with Gasteiger partial charge in [0.1, 0.15) is 12.1 Å². The quantitative estimate of drug-likeness (QED) is 0.414. The van der Waals surface area contributed by atoms with Crippen LogP contribution >= 0.6 is 0 Å². The lowest BCUT2D eigenvalue weighted by Gasteiger charge is -1.91. The number of hydrogen-bond donors (Lipinski definition) is 0. The van der Waals surface area contributed by atoms with Crippen LogP contribution in [-0.2, 0) is 9.59 Å². The van der Waals surface area contributed by atoms with Gasteiger partial charge in [-0.15, -0.1) is 6.58 Å². The van der Waals surface area contributed by atoms with Gasteiger partial charge >= 0.3 is 0 Å². The zero-order valence-corrected chi connectivity index (χ0v) is 6.01. The highest BCUT2D eigenvalue weighted by Gasteiger charge is 1.97. The highest BCUT2D eigenvalue weighted by molar-refractivity contribution is 5.80. The molecule has 0 N–H and O–H groups in total. The van der Waals surface area contributed by atoms with Crippen LogP contribution in [0.1, 0.15) is 25.7 Å². The van der Waals surface area contributed by atoms with Gasteiger partial charge in [-0.25, -0.2) is 0 Å². The summed E-state index contributed by atoms with van der Waals surface area (Å²) in [6.07, 6.45) is 4.47. The molecule has 0 spiro atoms. The molecule has 0 saturated carbocycles. The molecule has 0 aromatic rings. The minimum Gasteiger partial charge on any atom is -0.303 e. The van der Waals surface area contributed by atoms with Crippen molar-refractivity contribution in [1.29, 1.82) is 0 Å². The molecule has 0 aromatic carbocycles. The molecule has 0 unspecified atom stereocenters. The predicted octanol–water partition coefficient (Wildman–Crippen LogP) is 1.50. The third-order valence-electron chi connectivity index (χ3n) is 1.17. The smallest absolute Gasteiger partial charge is 0.133 e. The van der Waals surface area contributed by atoms with E-state index in [1.54, 1.807) is 6.08 Å². The van der Waals surface area contributed by atoms with Crippen molar-refractivity contribution in [2.75, 3.05) is 0 Å². The van der Waals surface area contributed by atoms with Crippen molar-refractivity contribution >= 4 is 12.1 Å². The third kappa shape index (κ3) is 5.22. The Hall–Kier alpha value is -0.920. The van der Waals surface area contributed by atoms with Crippen molar-refractivity contribution in [3.05, 3.63) is 12.7 Å². The van der Waals surface area contributed by atoms with E-state index in [1.165, 1.54) is 0 Å². The topological polar surface area (TPSA) is 34.1 Å². The first-order valence-corrected chi connectivity index (χ1v) is 3.37. The zero-order valence-electron chi connectivity index (χ0n) is 6.01. The van der Waals surface area contributed by atoms with Crippen molar-refractivity contribution < 1.29 is 9.59 Å². The highest BCUT2D eigenvalue weighted by Crippen LogP contribution is 1.96. The lowest BCUT2D eigenvalue weighted by atomic mass is 10.1. The van der Waals surface area contributed by atoms with Crippen molar-refractivity contribution in [3.8, 4) is 0 Å². The first-order chi connectivity index (χ1) is 4.81. The van der Waals surface area contributed by atoms with Crippen LogP contribution in [0, 0.1) is 0 Å². The lowest BCUT2D eigenvalue weighted by molar-refractivity contribution is -0.120. The van der Waals surface area contributed by atoms with Crippen LogP contribution in [0.5, 0.6) is 0 Å². The zero-order chi connectivity index (χ0) is 7.82. The van der Waals surface area contributed by atoms with Gasteiger partial charge in [0.25, 0.3) is 0 Å². The number of carbonyl (C=O) groups is 2. The Morgan fingerprint density at radius 2 is 1.90 bits per heavy atom. The average Bonchev–Trinajstić information content (AvgIpc) is 1.97. The van der Waals surface area contributed by atoms with Crippen LogP contribution in [0.3, 0.4) is 0 Å². The van der Waals surface area contributed by atoms with Gasteiger partial charge in [-0.1, -0.05) is 6.08 Å². The largest absolute Gasteiger partial charge is 0.303 e. The van der Waals surface area contributed by atoms with Crippen LogP contribution in [0.2, 0.25) is 0 Å². The number of hydrogen-bond acceptors (Lipinski definition) is 2. The first kappa shape index (κ1) is 9.08. The fourth-order valence-electron chi connectivity index (χ4n) is 0.608. The van der Waals surface area contributed by atoms with E-state index in [9.17, 15) is 9.59 Å². The Kier molecular flexibility index (Phi) is 5.63. The summed E-state index contributed by atoms with van der Waals surface area (Å²) in [6, 6.07) is 0. The Bertz CT molecular complexity index is 113. The van der Waals surface area contributed by atoms with E-state index in [0.717, 1.165) is 12.7 Å². The van der Waals surface area contributed by atoms with Gasteiger partial charge in [0.05, 0.1) is 0 Å². The lowest BCUT2D eigenvalue weighted by Crippen LogP contribution is -1.96. The molecule has 0 heterocycles. The predicted molar refractivity (Wildman–Crippen MR) is 39.7 cm³/mol. The molecule has 0 aliphatic carbocycles. The van der Waals surface area contributed by atoms with E-state index in [2.05, 4.69) is 6.58 Å². The van der Waals surface area contributed by atoms with Crippen molar-refractivity contribution in [2.24, 2.45) is 0 Å². The number of rotatable bonds is 6. The second kappa shape index (κ2) is 6.20. The van der Waals surface area contributed by atoms with Crippen LogP contribution in [0.4, 0.5) is 0 Å².